The van der Waals surface area contributed by atoms with Gasteiger partial charge in [-0.15, -0.1) is 0 Å². The summed E-state index contributed by atoms with van der Waals surface area (Å²) in [5.74, 6) is 1.97. The van der Waals surface area contributed by atoms with Crippen LogP contribution < -0.4 is 21.3 Å². The van der Waals surface area contributed by atoms with Crippen molar-refractivity contribution in [2.45, 2.75) is 80.1 Å². The Morgan fingerprint density at radius 2 is 1.77 bits per heavy atom. The fraction of sp³-hybridized carbons (Fsp3) is 0.667. The predicted octanol–water partition coefficient (Wildman–Crippen LogP) is 3.73. The first kappa shape index (κ1) is 28.0. The van der Waals surface area contributed by atoms with Gasteiger partial charge in [-0.3, -0.25) is 9.59 Å². The molecule has 1 aromatic heterocycles. The molecule has 1 aromatic rings. The van der Waals surface area contributed by atoms with Crippen molar-refractivity contribution in [1.82, 2.24) is 26.3 Å². The van der Waals surface area contributed by atoms with Crippen molar-refractivity contribution in [3.8, 4) is 0 Å². The van der Waals surface area contributed by atoms with Crippen LogP contribution in [0.3, 0.4) is 0 Å². The van der Waals surface area contributed by atoms with Crippen LogP contribution in [0.5, 0.6) is 0 Å². The summed E-state index contributed by atoms with van der Waals surface area (Å²) < 4.78 is 0. The third kappa shape index (κ3) is 10.9. The molecule has 11 heteroatoms. The van der Waals surface area contributed by atoms with E-state index >= 15 is 0 Å². The van der Waals surface area contributed by atoms with Crippen LogP contribution in [0.1, 0.15) is 57.8 Å². The van der Waals surface area contributed by atoms with E-state index in [1.807, 2.05) is 30.0 Å². The molecule has 0 saturated carbocycles. The summed E-state index contributed by atoms with van der Waals surface area (Å²) >= 11 is 1.92. The first-order valence-corrected chi connectivity index (χ1v) is 15.9. The number of fused-ring (bicyclic) bond motifs is 1. The van der Waals surface area contributed by atoms with E-state index < -0.39 is 0 Å². The van der Waals surface area contributed by atoms with Crippen molar-refractivity contribution >= 4 is 51.2 Å². The molecule has 0 aromatic carbocycles. The Morgan fingerprint density at radius 3 is 2.51 bits per heavy atom. The number of hydrogen-bond acceptors (Lipinski definition) is 7. The predicted molar refractivity (Wildman–Crippen MR) is 146 cm³/mol. The molecule has 2 aliphatic rings. The van der Waals surface area contributed by atoms with E-state index in [1.54, 1.807) is 27.8 Å². The topological polar surface area (TPSA) is 112 Å². The van der Waals surface area contributed by atoms with Gasteiger partial charge in [0.25, 0.3) is 0 Å². The standard InChI is InChI=1S/C24H37N5O3S3/c30-20(10-4-3-9-19-23-18(17-33-19)28-24(32)29-23)25-13-6-1-2-7-14-26-21(31)12-16-34-35-22-11-5-8-15-27-22/h5,8,11,15,18-19,23H,1-4,6-7,9-10,12-14,16-17H2,(H,25,30)(H,26,31)(H2,28,29,32)/t18-,19-,23-/m0/s1. The molecule has 0 unspecified atom stereocenters. The number of thioether (sulfide) groups is 1. The van der Waals surface area contributed by atoms with E-state index in [1.165, 1.54) is 0 Å². The number of carbonyl (C=O) groups excluding carboxylic acids is 3. The first-order chi connectivity index (χ1) is 17.1. The van der Waals surface area contributed by atoms with Gasteiger partial charge >= 0.3 is 6.03 Å². The van der Waals surface area contributed by atoms with Gasteiger partial charge < -0.3 is 21.3 Å². The SMILES string of the molecule is O=C(CCCC[C@@H]1SC[C@@H]2NC(=O)N[C@@H]21)NCCCCCCNC(=O)CCSSc1ccccn1. The molecule has 194 valence electrons. The molecule has 3 atom stereocenters. The van der Waals surface area contributed by atoms with Crippen LogP contribution in [0.4, 0.5) is 4.79 Å². The van der Waals surface area contributed by atoms with Crippen LogP contribution in [-0.4, -0.2) is 64.8 Å². The van der Waals surface area contributed by atoms with Gasteiger partial charge in [0.1, 0.15) is 5.03 Å². The summed E-state index contributed by atoms with van der Waals surface area (Å²) in [6.45, 7) is 1.43. The number of rotatable bonds is 17. The number of carbonyl (C=O) groups is 3. The lowest BCUT2D eigenvalue weighted by Crippen LogP contribution is -2.36. The molecule has 0 bridgehead atoms. The van der Waals surface area contributed by atoms with Gasteiger partial charge in [0, 0.05) is 48.9 Å². The van der Waals surface area contributed by atoms with Crippen molar-refractivity contribution in [3.63, 3.8) is 0 Å². The minimum atomic E-state index is -0.0452. The van der Waals surface area contributed by atoms with Crippen molar-refractivity contribution in [2.24, 2.45) is 0 Å². The Labute approximate surface area is 220 Å². The molecular weight excluding hydrogens is 502 g/mol. The maximum Gasteiger partial charge on any atom is 0.315 e. The highest BCUT2D eigenvalue weighted by Gasteiger charge is 2.42. The van der Waals surface area contributed by atoms with Crippen LogP contribution in [-0.2, 0) is 9.59 Å². The zero-order chi connectivity index (χ0) is 24.7. The quantitative estimate of drug-likeness (QED) is 0.136. The summed E-state index contributed by atoms with van der Waals surface area (Å²) in [6, 6.07) is 6.28. The number of hydrogen-bond donors (Lipinski definition) is 4. The summed E-state index contributed by atoms with van der Waals surface area (Å²) in [6.07, 6.45) is 9.84. The molecule has 0 radical (unpaired) electrons. The van der Waals surface area contributed by atoms with E-state index in [-0.39, 0.29) is 29.9 Å². The van der Waals surface area contributed by atoms with Crippen LogP contribution in [0, 0.1) is 0 Å². The van der Waals surface area contributed by atoms with Crippen molar-refractivity contribution in [2.75, 3.05) is 24.6 Å². The Bertz CT molecular complexity index is 802. The number of unbranched alkanes of at least 4 members (excludes halogenated alkanes) is 4. The van der Waals surface area contributed by atoms with Gasteiger partial charge in [-0.1, -0.05) is 36.1 Å². The van der Waals surface area contributed by atoms with Crippen molar-refractivity contribution in [1.29, 1.82) is 0 Å². The molecule has 2 fully saturated rings. The van der Waals surface area contributed by atoms with Gasteiger partial charge in [-0.05, 0) is 48.6 Å². The van der Waals surface area contributed by atoms with Crippen molar-refractivity contribution < 1.29 is 14.4 Å². The van der Waals surface area contributed by atoms with Gasteiger partial charge in [0.05, 0.1) is 12.1 Å². The summed E-state index contributed by atoms with van der Waals surface area (Å²) in [4.78, 5) is 39.6. The lowest BCUT2D eigenvalue weighted by molar-refractivity contribution is -0.121. The van der Waals surface area contributed by atoms with Crippen LogP contribution in [0.15, 0.2) is 29.4 Å². The number of amides is 4. The smallest absolute Gasteiger partial charge is 0.315 e. The van der Waals surface area contributed by atoms with E-state index in [0.717, 1.165) is 68.0 Å². The largest absolute Gasteiger partial charge is 0.356 e. The molecule has 2 saturated heterocycles. The van der Waals surface area contributed by atoms with E-state index in [0.29, 0.717) is 24.6 Å². The second kappa shape index (κ2) is 16.2. The third-order valence-electron chi connectivity index (χ3n) is 6.02. The van der Waals surface area contributed by atoms with Crippen LogP contribution >= 0.6 is 33.3 Å². The van der Waals surface area contributed by atoms with Crippen LogP contribution in [0.2, 0.25) is 0 Å². The van der Waals surface area contributed by atoms with E-state index in [4.69, 9.17) is 0 Å². The molecule has 3 rings (SSSR count). The number of nitrogens with zero attached hydrogens (tertiary/aromatic N) is 1. The minimum Gasteiger partial charge on any atom is -0.356 e. The average Bonchev–Trinajstić information content (AvgIpc) is 3.41. The van der Waals surface area contributed by atoms with E-state index in [2.05, 4.69) is 26.3 Å². The molecule has 8 nitrogen and oxygen atoms in total. The zero-order valence-electron chi connectivity index (χ0n) is 20.1. The first-order valence-electron chi connectivity index (χ1n) is 12.5. The fourth-order valence-electron chi connectivity index (χ4n) is 4.14. The highest BCUT2D eigenvalue weighted by molar-refractivity contribution is 8.76. The molecule has 0 spiro atoms. The van der Waals surface area contributed by atoms with Crippen LogP contribution in [0.25, 0.3) is 0 Å². The fourth-order valence-corrected chi connectivity index (χ4v) is 7.56. The number of pyridine rings is 1. The summed E-state index contributed by atoms with van der Waals surface area (Å²) in [5, 5.41) is 13.4. The Morgan fingerprint density at radius 1 is 1.00 bits per heavy atom. The average molecular weight is 540 g/mol. The maximum atomic E-state index is 12.0. The molecule has 3 heterocycles. The Kier molecular flexibility index (Phi) is 13.0. The van der Waals surface area contributed by atoms with Crippen molar-refractivity contribution in [3.05, 3.63) is 24.4 Å². The molecule has 0 aliphatic carbocycles. The second-order valence-corrected chi connectivity index (χ2v) is 12.5. The molecule has 4 N–H and O–H groups in total. The normalized spacial score (nSPS) is 20.7. The highest BCUT2D eigenvalue weighted by Crippen LogP contribution is 2.33. The number of urea groups is 1. The molecular formula is C24H37N5O3S3. The third-order valence-corrected chi connectivity index (χ3v) is 9.80. The van der Waals surface area contributed by atoms with E-state index in [9.17, 15) is 14.4 Å². The minimum absolute atomic E-state index is 0.0452. The van der Waals surface area contributed by atoms with Gasteiger partial charge in [0.15, 0.2) is 0 Å². The Hall–Kier alpha value is -1.59. The second-order valence-electron chi connectivity index (χ2n) is 8.81. The lowest BCUT2D eigenvalue weighted by Gasteiger charge is -2.16. The maximum absolute atomic E-state index is 12.0. The summed E-state index contributed by atoms with van der Waals surface area (Å²) in [7, 11) is 3.24. The highest BCUT2D eigenvalue weighted by atomic mass is 33.1. The molecule has 2 aliphatic heterocycles. The Balaban J connectivity index is 1.06. The zero-order valence-corrected chi connectivity index (χ0v) is 22.6. The number of aromatic nitrogens is 1. The van der Waals surface area contributed by atoms with Gasteiger partial charge in [-0.25, -0.2) is 9.78 Å². The number of nitrogens with one attached hydrogen (secondary N) is 4. The van der Waals surface area contributed by atoms with Gasteiger partial charge in [0.2, 0.25) is 11.8 Å². The lowest BCUT2D eigenvalue weighted by atomic mass is 10.0. The molecule has 4 amide bonds. The van der Waals surface area contributed by atoms with Gasteiger partial charge in [-0.2, -0.15) is 11.8 Å². The molecule has 35 heavy (non-hydrogen) atoms. The monoisotopic (exact) mass is 539 g/mol. The summed E-state index contributed by atoms with van der Waals surface area (Å²) in [5.41, 5.74) is 0.